The van der Waals surface area contributed by atoms with E-state index >= 15 is 0 Å². The second kappa shape index (κ2) is 35.8. The highest BCUT2D eigenvalue weighted by atomic mass is 31.2. The van der Waals surface area contributed by atoms with Gasteiger partial charge in [0.1, 0.15) is 6.61 Å². The molecule has 3 atom stereocenters. The van der Waals surface area contributed by atoms with Crippen molar-refractivity contribution in [3.8, 4) is 0 Å². The topological polar surface area (TPSA) is 132 Å². The first-order valence-electron chi connectivity index (χ1n) is 22.1. The second-order valence-corrected chi connectivity index (χ2v) is 16.8. The fourth-order valence-electron chi connectivity index (χ4n) is 6.27. The van der Waals surface area contributed by atoms with Crippen LogP contribution in [0.1, 0.15) is 181 Å². The van der Waals surface area contributed by atoms with Gasteiger partial charge in [0.15, 0.2) is 6.10 Å². The van der Waals surface area contributed by atoms with Crippen LogP contribution in [0.3, 0.4) is 0 Å². The van der Waals surface area contributed by atoms with Crippen molar-refractivity contribution in [2.75, 3.05) is 13.2 Å². The van der Waals surface area contributed by atoms with Gasteiger partial charge in [-0.3, -0.25) is 14.1 Å². The van der Waals surface area contributed by atoms with Gasteiger partial charge >= 0.3 is 19.8 Å². The van der Waals surface area contributed by atoms with Crippen molar-refractivity contribution in [3.63, 3.8) is 0 Å². The molecule has 0 saturated carbocycles. The summed E-state index contributed by atoms with van der Waals surface area (Å²) in [6, 6.07) is 0. The Labute approximate surface area is 341 Å². The number of ether oxygens (including phenoxy) is 3. The Morgan fingerprint density at radius 3 is 1.57 bits per heavy atom. The average molecular weight is 807 g/mol. The van der Waals surface area contributed by atoms with Crippen molar-refractivity contribution >= 4 is 19.8 Å². The average Bonchev–Trinajstić information content (AvgIpc) is 3.91. The molecule has 0 aliphatic carbocycles. The third-order valence-electron chi connectivity index (χ3n) is 9.64. The van der Waals surface area contributed by atoms with Crippen molar-refractivity contribution in [2.45, 2.75) is 200 Å². The van der Waals surface area contributed by atoms with Crippen molar-refractivity contribution < 1.29 is 42.7 Å². The minimum Gasteiger partial charge on any atom is -0.462 e. The van der Waals surface area contributed by atoms with Gasteiger partial charge in [-0.15, -0.1) is 0 Å². The molecule has 0 radical (unpaired) electrons. The molecule has 9 nitrogen and oxygen atoms in total. The van der Waals surface area contributed by atoms with E-state index in [1.54, 1.807) is 0 Å². The number of epoxide rings is 1. The lowest BCUT2D eigenvalue weighted by atomic mass is 10.0. The summed E-state index contributed by atoms with van der Waals surface area (Å²) in [7, 11) is -4.78. The van der Waals surface area contributed by atoms with Gasteiger partial charge in [-0.25, -0.2) is 4.57 Å². The summed E-state index contributed by atoms with van der Waals surface area (Å²) in [5, 5.41) is 0. The fraction of sp³-hybridized carbons (Fsp3) is 0.739. The smallest absolute Gasteiger partial charge is 0.462 e. The Bertz CT molecular complexity index is 1170. The van der Waals surface area contributed by atoms with Gasteiger partial charge in [-0.05, 0) is 57.3 Å². The third kappa shape index (κ3) is 36.1. The quantitative estimate of drug-likeness (QED) is 0.0206. The molecule has 1 rings (SSSR count). The second-order valence-electron chi connectivity index (χ2n) is 15.5. The molecule has 1 heterocycles. The van der Waals surface area contributed by atoms with E-state index in [-0.39, 0.29) is 19.4 Å². The van der Waals surface area contributed by atoms with Crippen LogP contribution in [0.15, 0.2) is 60.8 Å². The number of carbonyl (C=O) groups is 2. The molecule has 1 aliphatic rings. The van der Waals surface area contributed by atoms with Gasteiger partial charge < -0.3 is 24.0 Å². The van der Waals surface area contributed by atoms with Crippen LogP contribution in [-0.2, 0) is 32.9 Å². The molecule has 0 spiro atoms. The maximum atomic E-state index is 12.4. The van der Waals surface area contributed by atoms with Gasteiger partial charge in [0, 0.05) is 12.8 Å². The first kappa shape index (κ1) is 51.7. The van der Waals surface area contributed by atoms with Gasteiger partial charge in [0.25, 0.3) is 0 Å². The van der Waals surface area contributed by atoms with Gasteiger partial charge in [-0.1, -0.05) is 178 Å². The van der Waals surface area contributed by atoms with Crippen LogP contribution in [0, 0.1) is 5.92 Å². The van der Waals surface area contributed by atoms with E-state index in [4.69, 9.17) is 24.0 Å². The zero-order valence-electron chi connectivity index (χ0n) is 35.4. The normalized spacial score (nSPS) is 16.8. The number of hydrogen-bond acceptors (Lipinski definition) is 7. The molecular formula is C46H79O9P. The largest absolute Gasteiger partial charge is 0.469 e. The zero-order valence-corrected chi connectivity index (χ0v) is 36.3. The molecule has 2 N–H and O–H groups in total. The molecule has 2 unspecified atom stereocenters. The van der Waals surface area contributed by atoms with Crippen LogP contribution in [0.4, 0.5) is 0 Å². The molecule has 322 valence electrons. The van der Waals surface area contributed by atoms with Gasteiger partial charge in [-0.2, -0.15) is 0 Å². The SMILES string of the molecule is CC/C=C\CC1OC1C/C=C\C/C=C\C/C=C\C/C=C\CCC(=O)O[C@H](COC(=O)CCCCCCCCCCCCCCCCCC(C)C)COP(=O)(O)O. The van der Waals surface area contributed by atoms with Crippen LogP contribution in [0.5, 0.6) is 0 Å². The molecular weight excluding hydrogens is 727 g/mol. The molecule has 1 fully saturated rings. The number of rotatable bonds is 38. The van der Waals surface area contributed by atoms with E-state index in [9.17, 15) is 14.2 Å². The van der Waals surface area contributed by atoms with E-state index in [1.807, 2.05) is 12.2 Å². The summed E-state index contributed by atoms with van der Waals surface area (Å²) < 4.78 is 32.0. The van der Waals surface area contributed by atoms with E-state index < -0.39 is 32.5 Å². The summed E-state index contributed by atoms with van der Waals surface area (Å²) in [6.07, 6.45) is 47.1. The van der Waals surface area contributed by atoms with Crippen LogP contribution in [-0.4, -0.2) is 53.3 Å². The lowest BCUT2D eigenvalue weighted by molar-refractivity contribution is -0.161. The first-order valence-corrected chi connectivity index (χ1v) is 23.6. The Morgan fingerprint density at radius 1 is 0.607 bits per heavy atom. The zero-order chi connectivity index (χ0) is 41.0. The number of allylic oxidation sites excluding steroid dienone is 8. The highest BCUT2D eigenvalue weighted by Gasteiger charge is 2.35. The summed E-state index contributed by atoms with van der Waals surface area (Å²) in [5.41, 5.74) is 0. The van der Waals surface area contributed by atoms with Crippen LogP contribution >= 0.6 is 7.82 Å². The standard InChI is InChI=1S/C46H79O9P/c1-4-5-29-35-43-44(55-43)36-31-26-22-18-14-11-12-16-20-24-28-33-38-46(48)54-42(40-53-56(49,50)51)39-52-45(47)37-32-27-23-19-15-10-8-6-7-9-13-17-21-25-30-34-41(2)3/h5,12,14,16,18,24,26,28-29,31,41-44H,4,6-11,13,15,17,19-23,25,27,30,32-40H2,1-3H3,(H2,49,50,51)/b16-12-,18-14-,28-24-,29-5-,31-26-/t42-,43?,44?/m1/s1. The summed E-state index contributed by atoms with van der Waals surface area (Å²) in [5.74, 6) is -0.153. The van der Waals surface area contributed by atoms with Crippen molar-refractivity contribution in [3.05, 3.63) is 60.8 Å². The number of unbranched alkanes of at least 4 members (excludes halogenated alkanes) is 14. The Hall–Kier alpha value is -2.29. The van der Waals surface area contributed by atoms with Crippen LogP contribution in [0.2, 0.25) is 0 Å². The molecule has 0 aromatic rings. The maximum Gasteiger partial charge on any atom is 0.469 e. The van der Waals surface area contributed by atoms with Gasteiger partial charge in [0.05, 0.1) is 18.8 Å². The predicted molar refractivity (Wildman–Crippen MR) is 229 cm³/mol. The third-order valence-corrected chi connectivity index (χ3v) is 10.1. The number of carbonyl (C=O) groups excluding carboxylic acids is 2. The summed E-state index contributed by atoms with van der Waals surface area (Å²) in [4.78, 5) is 42.9. The van der Waals surface area contributed by atoms with E-state index in [2.05, 4.69) is 73.9 Å². The molecule has 0 aromatic carbocycles. The van der Waals surface area contributed by atoms with E-state index in [0.717, 1.165) is 57.3 Å². The van der Waals surface area contributed by atoms with Crippen molar-refractivity contribution in [1.29, 1.82) is 0 Å². The Kier molecular flexibility index (Phi) is 33.1. The first-order chi connectivity index (χ1) is 27.1. The monoisotopic (exact) mass is 807 g/mol. The molecule has 1 aliphatic heterocycles. The number of phosphoric ester groups is 1. The number of hydrogen-bond donors (Lipinski definition) is 2. The summed E-state index contributed by atoms with van der Waals surface area (Å²) in [6.45, 7) is 5.86. The number of esters is 2. The molecule has 10 heteroatoms. The van der Waals surface area contributed by atoms with Crippen LogP contribution in [0.25, 0.3) is 0 Å². The Morgan fingerprint density at radius 2 is 1.07 bits per heavy atom. The lowest BCUT2D eigenvalue weighted by Crippen LogP contribution is -2.29. The predicted octanol–water partition coefficient (Wildman–Crippen LogP) is 12.5. The summed E-state index contributed by atoms with van der Waals surface area (Å²) >= 11 is 0. The molecule has 1 saturated heterocycles. The minimum atomic E-state index is -4.78. The van der Waals surface area contributed by atoms with E-state index in [1.165, 1.54) is 83.5 Å². The van der Waals surface area contributed by atoms with Crippen molar-refractivity contribution in [1.82, 2.24) is 0 Å². The van der Waals surface area contributed by atoms with Crippen LogP contribution < -0.4 is 0 Å². The molecule has 0 aromatic heterocycles. The van der Waals surface area contributed by atoms with Gasteiger partial charge in [0.2, 0.25) is 0 Å². The molecule has 56 heavy (non-hydrogen) atoms. The van der Waals surface area contributed by atoms with E-state index in [0.29, 0.717) is 25.0 Å². The molecule has 0 bridgehead atoms. The number of phosphoric acid groups is 1. The maximum absolute atomic E-state index is 12.4. The van der Waals surface area contributed by atoms with Crippen molar-refractivity contribution in [2.24, 2.45) is 5.92 Å². The Balaban J connectivity index is 2.09. The minimum absolute atomic E-state index is 0.0824. The highest BCUT2D eigenvalue weighted by Crippen LogP contribution is 2.36. The molecule has 0 amide bonds. The highest BCUT2D eigenvalue weighted by molar-refractivity contribution is 7.46. The lowest BCUT2D eigenvalue weighted by Gasteiger charge is -2.18. The fourth-order valence-corrected chi connectivity index (χ4v) is 6.63.